The molecule has 294 valence electrons. The van der Waals surface area contributed by atoms with Crippen LogP contribution in [0, 0.1) is 36.3 Å². The van der Waals surface area contributed by atoms with Gasteiger partial charge in [0.25, 0.3) is 5.69 Å². The monoisotopic (exact) mass is 761 g/mol. The van der Waals surface area contributed by atoms with Crippen molar-refractivity contribution in [1.82, 2.24) is 5.32 Å². The van der Waals surface area contributed by atoms with Crippen LogP contribution in [-0.4, -0.2) is 103 Å². The number of terminal acetylenes is 1. The van der Waals surface area contributed by atoms with Crippen LogP contribution in [0.2, 0.25) is 0 Å². The summed E-state index contributed by atoms with van der Waals surface area (Å²) in [5.74, 6) is 2.50. The number of aliphatic hydroxyl groups excluding tert-OH is 3. The molecule has 0 spiro atoms. The second kappa shape index (κ2) is 20.4. The van der Waals surface area contributed by atoms with Crippen LogP contribution in [0.15, 0.2) is 75.1 Å². The fourth-order valence-corrected chi connectivity index (χ4v) is 5.69. The Bertz CT molecular complexity index is 1870. The van der Waals surface area contributed by atoms with E-state index in [4.69, 9.17) is 25.4 Å². The number of carbonyl (C=O) groups excluding carboxylic acids is 1. The Balaban J connectivity index is 1.30. The zero-order chi connectivity index (χ0) is 40.1. The zero-order valence-corrected chi connectivity index (χ0v) is 31.4. The lowest BCUT2D eigenvalue weighted by molar-refractivity contribution is -0.384. The van der Waals surface area contributed by atoms with Crippen LogP contribution >= 0.6 is 0 Å². The van der Waals surface area contributed by atoms with Gasteiger partial charge in [-0.1, -0.05) is 18.9 Å². The Morgan fingerprint density at radius 2 is 1.73 bits per heavy atom. The second-order valence-corrected chi connectivity index (χ2v) is 12.8. The van der Waals surface area contributed by atoms with E-state index in [-0.39, 0.29) is 43.6 Å². The topological polar surface area (TPSA) is 223 Å². The summed E-state index contributed by atoms with van der Waals surface area (Å²) >= 11 is 0. The number of aryl methyl sites for hydroxylation is 2. The summed E-state index contributed by atoms with van der Waals surface area (Å²) in [6.45, 7) is 5.78. The van der Waals surface area contributed by atoms with E-state index in [0.717, 1.165) is 11.3 Å². The van der Waals surface area contributed by atoms with Gasteiger partial charge in [-0.25, -0.2) is 0 Å². The molecule has 0 saturated carbocycles. The predicted octanol–water partition coefficient (Wildman–Crippen LogP) is 5.25. The smallest absolute Gasteiger partial charge is 0.296 e. The summed E-state index contributed by atoms with van der Waals surface area (Å²) in [5, 5.41) is 62.1. The van der Waals surface area contributed by atoms with Crippen LogP contribution in [0.4, 0.5) is 34.1 Å². The molecule has 0 aliphatic carbocycles. The molecule has 3 aromatic carbocycles. The van der Waals surface area contributed by atoms with Crippen LogP contribution in [0.25, 0.3) is 0 Å². The molecule has 4 rings (SSSR count). The van der Waals surface area contributed by atoms with E-state index in [1.807, 2.05) is 31.0 Å². The molecule has 17 nitrogen and oxygen atoms in total. The standard InChI is InChI=1S/C38H47N7O10/c1-7-17-53-22-33-34(46)35(47)36(48)38(55-33)54-18-9-16-39-37(49)30(8-2)44(5)26-13-11-25(12-14-26)40-43-29-20-24(4)28(21-32(29)52-6)42-41-27-15-10-23(3)19-31(27)45(50)51/h1,10-15,19-21,30,33-36,38,46-48H,8-9,16-18,22H2,2-6H3,(H,39,49)/b42-41+,43-40+/t30?,33-,34-,35+,36-,38-/m1/s1. The second-order valence-electron chi connectivity index (χ2n) is 12.8. The molecule has 1 amide bonds. The van der Waals surface area contributed by atoms with Crippen molar-refractivity contribution in [3.05, 3.63) is 75.8 Å². The Morgan fingerprint density at radius 3 is 2.40 bits per heavy atom. The lowest BCUT2D eigenvalue weighted by atomic mass is 9.99. The van der Waals surface area contributed by atoms with Gasteiger partial charge < -0.3 is 44.5 Å². The summed E-state index contributed by atoms with van der Waals surface area (Å²) in [4.78, 5) is 26.0. The van der Waals surface area contributed by atoms with Crippen LogP contribution in [-0.2, 0) is 19.0 Å². The summed E-state index contributed by atoms with van der Waals surface area (Å²) in [5.41, 5.74) is 3.69. The molecule has 4 N–H and O–H groups in total. The number of rotatable bonds is 18. The molecule has 55 heavy (non-hydrogen) atoms. The molecule has 1 saturated heterocycles. The van der Waals surface area contributed by atoms with Gasteiger partial charge in [0.2, 0.25) is 5.91 Å². The number of azo groups is 2. The third kappa shape index (κ3) is 11.3. The van der Waals surface area contributed by atoms with Crippen molar-refractivity contribution in [2.45, 2.75) is 70.4 Å². The SMILES string of the molecule is C#CCOC[C@H]1O[C@@H](OCCCNC(=O)C(CC)N(C)c2ccc(/N=N/c3cc(C)c(/N=N/c4ccc(C)cc4[N+](=O)[O-])cc3OC)cc2)[C@H](O)[C@@H](O)[C@@H]1O. The number of methoxy groups -OCH3 is 1. The number of amides is 1. The van der Waals surface area contributed by atoms with Gasteiger partial charge >= 0.3 is 0 Å². The van der Waals surface area contributed by atoms with Gasteiger partial charge in [0, 0.05) is 31.4 Å². The number of benzene rings is 3. The number of anilines is 1. The number of nitro groups is 1. The lowest BCUT2D eigenvalue weighted by Gasteiger charge is -2.40. The van der Waals surface area contributed by atoms with Crippen molar-refractivity contribution in [2.24, 2.45) is 20.5 Å². The maximum atomic E-state index is 13.1. The molecular weight excluding hydrogens is 714 g/mol. The number of hydrogen-bond acceptors (Lipinski definition) is 15. The average Bonchev–Trinajstić information content (AvgIpc) is 3.17. The minimum atomic E-state index is -1.49. The van der Waals surface area contributed by atoms with E-state index >= 15 is 0 Å². The molecule has 1 fully saturated rings. The molecule has 1 unspecified atom stereocenters. The van der Waals surface area contributed by atoms with E-state index < -0.39 is 41.7 Å². The van der Waals surface area contributed by atoms with Gasteiger partial charge in [-0.05, 0) is 74.2 Å². The number of likely N-dealkylation sites (N-methyl/N-ethyl adjacent to an activating group) is 1. The highest BCUT2D eigenvalue weighted by molar-refractivity contribution is 5.85. The first-order chi connectivity index (χ1) is 26.4. The van der Waals surface area contributed by atoms with E-state index in [9.17, 15) is 30.2 Å². The molecule has 17 heteroatoms. The molecule has 3 aromatic rings. The largest absolute Gasteiger partial charge is 0.494 e. The Morgan fingerprint density at radius 1 is 1.02 bits per heavy atom. The van der Waals surface area contributed by atoms with Gasteiger partial charge in [-0.2, -0.15) is 5.11 Å². The first-order valence-electron chi connectivity index (χ1n) is 17.6. The van der Waals surface area contributed by atoms with Gasteiger partial charge in [0.05, 0.1) is 36.6 Å². The van der Waals surface area contributed by atoms with Crippen LogP contribution in [0.3, 0.4) is 0 Å². The van der Waals surface area contributed by atoms with Crippen molar-refractivity contribution >= 4 is 40.0 Å². The van der Waals surface area contributed by atoms with Crippen molar-refractivity contribution in [1.29, 1.82) is 0 Å². The van der Waals surface area contributed by atoms with Crippen LogP contribution in [0.1, 0.15) is 30.9 Å². The Kier molecular flexibility index (Phi) is 15.7. The first kappa shape index (κ1) is 42.4. The highest BCUT2D eigenvalue weighted by atomic mass is 16.7. The number of carbonyl (C=O) groups is 1. The molecule has 1 heterocycles. The Hall–Kier alpha value is -5.35. The number of nitrogens with one attached hydrogen (secondary N) is 1. The van der Waals surface area contributed by atoms with Crippen molar-refractivity contribution in [3.63, 3.8) is 0 Å². The van der Waals surface area contributed by atoms with Crippen molar-refractivity contribution < 1.29 is 44.0 Å². The lowest BCUT2D eigenvalue weighted by Crippen LogP contribution is -2.59. The average molecular weight is 762 g/mol. The number of aliphatic hydroxyl groups is 3. The number of nitrogens with zero attached hydrogens (tertiary/aromatic N) is 6. The summed E-state index contributed by atoms with van der Waals surface area (Å²) in [6.07, 6.45) is -0.380. The third-order valence-corrected chi connectivity index (χ3v) is 8.82. The van der Waals surface area contributed by atoms with E-state index in [1.54, 1.807) is 50.2 Å². The third-order valence-electron chi connectivity index (χ3n) is 8.82. The predicted molar refractivity (Wildman–Crippen MR) is 203 cm³/mol. The fraction of sp³-hybridized carbons (Fsp3) is 0.447. The van der Waals surface area contributed by atoms with E-state index in [2.05, 4.69) is 31.7 Å². The Labute approximate surface area is 319 Å². The maximum Gasteiger partial charge on any atom is 0.296 e. The normalized spacial score (nSPS) is 20.3. The molecule has 0 bridgehead atoms. The fourth-order valence-electron chi connectivity index (χ4n) is 5.69. The zero-order valence-electron chi connectivity index (χ0n) is 31.4. The van der Waals surface area contributed by atoms with Gasteiger partial charge in [0.15, 0.2) is 12.0 Å². The highest BCUT2D eigenvalue weighted by Crippen LogP contribution is 2.37. The maximum absolute atomic E-state index is 13.1. The van der Waals surface area contributed by atoms with Gasteiger partial charge in [-0.3, -0.25) is 14.9 Å². The van der Waals surface area contributed by atoms with Crippen LogP contribution < -0.4 is 15.0 Å². The summed E-state index contributed by atoms with van der Waals surface area (Å²) in [7, 11) is 3.31. The van der Waals surface area contributed by atoms with Gasteiger partial charge in [0.1, 0.15) is 48.5 Å². The molecule has 6 atom stereocenters. The molecule has 1 aliphatic heterocycles. The summed E-state index contributed by atoms with van der Waals surface area (Å²) in [6, 6.07) is 14.8. The van der Waals surface area contributed by atoms with Crippen LogP contribution in [0.5, 0.6) is 5.75 Å². The number of nitro benzene ring substituents is 1. The summed E-state index contributed by atoms with van der Waals surface area (Å²) < 4.78 is 21.9. The quantitative estimate of drug-likeness (QED) is 0.0431. The minimum absolute atomic E-state index is 0.000267. The number of hydrogen-bond donors (Lipinski definition) is 4. The molecule has 0 aromatic heterocycles. The highest BCUT2D eigenvalue weighted by Gasteiger charge is 2.44. The number of ether oxygens (including phenoxy) is 4. The molecule has 0 radical (unpaired) electrons. The van der Waals surface area contributed by atoms with Crippen molar-refractivity contribution in [2.75, 3.05) is 45.4 Å². The molecular formula is C38H47N7O10. The molecule has 1 aliphatic rings. The minimum Gasteiger partial charge on any atom is -0.494 e. The van der Waals surface area contributed by atoms with E-state index in [0.29, 0.717) is 41.2 Å². The first-order valence-corrected chi connectivity index (χ1v) is 17.6. The van der Waals surface area contributed by atoms with Crippen molar-refractivity contribution in [3.8, 4) is 18.1 Å². The van der Waals surface area contributed by atoms with Gasteiger partial charge in [-0.15, -0.1) is 21.8 Å². The van der Waals surface area contributed by atoms with E-state index in [1.165, 1.54) is 13.2 Å².